The highest BCUT2D eigenvalue weighted by molar-refractivity contribution is 5.41. The van der Waals surface area contributed by atoms with Crippen LogP contribution in [0.2, 0.25) is 0 Å². The number of anilines is 1. The smallest absolute Gasteiger partial charge is 0.0749 e. The van der Waals surface area contributed by atoms with E-state index in [0.29, 0.717) is 0 Å². The first-order chi connectivity index (χ1) is 7.68. The Bertz CT molecular complexity index is 429. The maximum absolute atomic E-state index is 5.70. The molecule has 2 rings (SSSR count). The first-order valence-electron chi connectivity index (χ1n) is 5.33. The Kier molecular flexibility index (Phi) is 2.97. The topological polar surface area (TPSA) is 45.0 Å². The molecule has 0 saturated carbocycles. The molecule has 1 aromatic heterocycles. The Morgan fingerprint density at radius 2 is 1.81 bits per heavy atom. The predicted octanol–water partition coefficient (Wildman–Crippen LogP) is 2.25. The van der Waals surface area contributed by atoms with Gasteiger partial charge in [0.25, 0.3) is 0 Å². The lowest BCUT2D eigenvalue weighted by Crippen LogP contribution is -2.21. The quantitative estimate of drug-likeness (QED) is 0.771. The van der Waals surface area contributed by atoms with Crippen LogP contribution in [0.5, 0.6) is 0 Å². The van der Waals surface area contributed by atoms with Gasteiger partial charge in [-0.25, -0.2) is 0 Å². The summed E-state index contributed by atoms with van der Waals surface area (Å²) >= 11 is 0. The predicted molar refractivity (Wildman–Crippen MR) is 67.2 cm³/mol. The number of benzene rings is 1. The summed E-state index contributed by atoms with van der Waals surface area (Å²) in [5.74, 6) is 0. The van der Waals surface area contributed by atoms with E-state index in [-0.39, 0.29) is 6.04 Å². The lowest BCUT2D eigenvalue weighted by Gasteiger charge is -2.24. The summed E-state index contributed by atoms with van der Waals surface area (Å²) < 4.78 is 0. The number of nitrogens with one attached hydrogen (secondary N) is 1. The zero-order chi connectivity index (χ0) is 11.5. The number of aromatic nitrogens is 1. The van der Waals surface area contributed by atoms with Crippen LogP contribution < -0.4 is 5.73 Å². The Labute approximate surface area is 95.9 Å². The van der Waals surface area contributed by atoms with E-state index in [1.807, 2.05) is 24.4 Å². The molecule has 0 aliphatic heterocycles. The maximum Gasteiger partial charge on any atom is 0.0749 e. The van der Waals surface area contributed by atoms with E-state index in [4.69, 9.17) is 5.73 Å². The minimum absolute atomic E-state index is 0.246. The fraction of sp³-hybridized carbons (Fsp3) is 0.231. The van der Waals surface area contributed by atoms with E-state index < -0.39 is 0 Å². The van der Waals surface area contributed by atoms with Crippen LogP contribution in [0, 0.1) is 0 Å². The first kappa shape index (κ1) is 10.8. The normalized spacial score (nSPS) is 12.9. The lowest BCUT2D eigenvalue weighted by molar-refractivity contribution is 0.337. The molecule has 0 amide bonds. The molecule has 0 aliphatic carbocycles. The van der Waals surface area contributed by atoms with Crippen molar-refractivity contribution < 1.29 is 0 Å². The summed E-state index contributed by atoms with van der Waals surface area (Å²) in [6, 6.07) is 12.4. The van der Waals surface area contributed by atoms with Crippen LogP contribution in [-0.2, 0) is 0 Å². The molecule has 3 N–H and O–H groups in total. The lowest BCUT2D eigenvalue weighted by atomic mass is 10.0. The summed E-state index contributed by atoms with van der Waals surface area (Å²) in [7, 11) is 4.14. The van der Waals surface area contributed by atoms with Gasteiger partial charge in [0.1, 0.15) is 0 Å². The summed E-state index contributed by atoms with van der Waals surface area (Å²) in [5.41, 5.74) is 8.93. The van der Waals surface area contributed by atoms with Crippen LogP contribution in [-0.4, -0.2) is 24.0 Å². The fourth-order valence-electron chi connectivity index (χ4n) is 1.95. The van der Waals surface area contributed by atoms with Crippen molar-refractivity contribution in [3.05, 3.63) is 53.9 Å². The van der Waals surface area contributed by atoms with Crippen LogP contribution in [0.15, 0.2) is 42.6 Å². The molecule has 0 aliphatic rings. The van der Waals surface area contributed by atoms with E-state index in [1.165, 1.54) is 11.3 Å². The molecule has 3 nitrogen and oxygen atoms in total. The molecule has 0 fully saturated rings. The third-order valence-corrected chi connectivity index (χ3v) is 2.69. The van der Waals surface area contributed by atoms with Gasteiger partial charge >= 0.3 is 0 Å². The number of hydrogen-bond donors (Lipinski definition) is 2. The molecule has 0 saturated heterocycles. The molecule has 1 unspecified atom stereocenters. The standard InChI is InChI=1S/C13H17N3/c1-16(2)13(12-4-3-9-15-12)10-5-7-11(14)8-6-10/h3-9,13,15H,14H2,1-2H3. The summed E-state index contributed by atoms with van der Waals surface area (Å²) in [6.45, 7) is 0. The minimum atomic E-state index is 0.246. The molecule has 1 heterocycles. The largest absolute Gasteiger partial charge is 0.399 e. The average Bonchev–Trinajstić information content (AvgIpc) is 2.74. The molecule has 0 radical (unpaired) electrons. The highest BCUT2D eigenvalue weighted by atomic mass is 15.1. The van der Waals surface area contributed by atoms with Crippen LogP contribution in [0.3, 0.4) is 0 Å². The van der Waals surface area contributed by atoms with Crippen molar-refractivity contribution in [2.45, 2.75) is 6.04 Å². The number of nitrogens with two attached hydrogens (primary N) is 1. The molecule has 1 aromatic carbocycles. The van der Waals surface area contributed by atoms with Gasteiger partial charge in [-0.3, -0.25) is 4.90 Å². The Balaban J connectivity index is 2.37. The molecule has 2 aromatic rings. The summed E-state index contributed by atoms with van der Waals surface area (Å²) in [4.78, 5) is 5.44. The molecule has 0 bridgehead atoms. The third-order valence-electron chi connectivity index (χ3n) is 2.69. The van der Waals surface area contributed by atoms with Crippen LogP contribution in [0.1, 0.15) is 17.3 Å². The highest BCUT2D eigenvalue weighted by Gasteiger charge is 2.16. The van der Waals surface area contributed by atoms with Gasteiger partial charge in [0, 0.05) is 17.6 Å². The number of nitrogen functional groups attached to an aromatic ring is 1. The second-order valence-corrected chi connectivity index (χ2v) is 4.16. The van der Waals surface area contributed by atoms with Crippen LogP contribution in [0.4, 0.5) is 5.69 Å². The Hall–Kier alpha value is -1.74. The van der Waals surface area contributed by atoms with Crippen molar-refractivity contribution in [1.29, 1.82) is 0 Å². The van der Waals surface area contributed by atoms with Crippen molar-refractivity contribution in [2.75, 3.05) is 19.8 Å². The number of aromatic amines is 1. The SMILES string of the molecule is CN(C)C(c1ccc(N)cc1)c1ccc[nH]1. The Morgan fingerprint density at radius 3 is 2.31 bits per heavy atom. The van der Waals surface area contributed by atoms with Crippen LogP contribution in [0.25, 0.3) is 0 Å². The summed E-state index contributed by atoms with van der Waals surface area (Å²) in [6.07, 6.45) is 1.95. The number of H-pyrrole nitrogens is 1. The molecule has 84 valence electrons. The molecule has 3 heteroatoms. The van der Waals surface area contributed by atoms with Crippen molar-refractivity contribution >= 4 is 5.69 Å². The van der Waals surface area contributed by atoms with E-state index in [0.717, 1.165) is 5.69 Å². The minimum Gasteiger partial charge on any atom is -0.399 e. The number of nitrogens with zero attached hydrogens (tertiary/aromatic N) is 1. The van der Waals surface area contributed by atoms with Gasteiger partial charge in [-0.2, -0.15) is 0 Å². The van der Waals surface area contributed by atoms with E-state index >= 15 is 0 Å². The summed E-state index contributed by atoms with van der Waals surface area (Å²) in [5, 5.41) is 0. The van der Waals surface area contributed by atoms with E-state index in [1.54, 1.807) is 0 Å². The first-order valence-corrected chi connectivity index (χ1v) is 5.33. The van der Waals surface area contributed by atoms with E-state index in [9.17, 15) is 0 Å². The van der Waals surface area contributed by atoms with E-state index in [2.05, 4.69) is 42.2 Å². The fourth-order valence-corrected chi connectivity index (χ4v) is 1.95. The van der Waals surface area contributed by atoms with Crippen molar-refractivity contribution in [3.8, 4) is 0 Å². The van der Waals surface area contributed by atoms with Gasteiger partial charge in [0.05, 0.1) is 6.04 Å². The number of hydrogen-bond acceptors (Lipinski definition) is 2. The monoisotopic (exact) mass is 215 g/mol. The van der Waals surface area contributed by atoms with Gasteiger partial charge in [-0.1, -0.05) is 12.1 Å². The Morgan fingerprint density at radius 1 is 1.12 bits per heavy atom. The van der Waals surface area contributed by atoms with Crippen LogP contribution >= 0.6 is 0 Å². The third kappa shape index (κ3) is 2.09. The van der Waals surface area contributed by atoms with Crippen molar-refractivity contribution in [3.63, 3.8) is 0 Å². The second kappa shape index (κ2) is 4.41. The molecular weight excluding hydrogens is 198 g/mol. The molecule has 0 spiro atoms. The van der Waals surface area contributed by atoms with Gasteiger partial charge in [-0.05, 0) is 43.9 Å². The van der Waals surface area contributed by atoms with Gasteiger partial charge < -0.3 is 10.7 Å². The second-order valence-electron chi connectivity index (χ2n) is 4.16. The highest BCUT2D eigenvalue weighted by Crippen LogP contribution is 2.25. The van der Waals surface area contributed by atoms with Crippen molar-refractivity contribution in [2.24, 2.45) is 0 Å². The molecule has 16 heavy (non-hydrogen) atoms. The zero-order valence-electron chi connectivity index (χ0n) is 9.64. The van der Waals surface area contributed by atoms with Gasteiger partial charge in [-0.15, -0.1) is 0 Å². The van der Waals surface area contributed by atoms with Gasteiger partial charge in [0.2, 0.25) is 0 Å². The molecular formula is C13H17N3. The number of rotatable bonds is 3. The molecule has 1 atom stereocenters. The maximum atomic E-state index is 5.70. The zero-order valence-corrected chi connectivity index (χ0v) is 9.64. The van der Waals surface area contributed by atoms with Crippen molar-refractivity contribution in [1.82, 2.24) is 9.88 Å². The van der Waals surface area contributed by atoms with Gasteiger partial charge in [0.15, 0.2) is 0 Å². The average molecular weight is 215 g/mol.